The summed E-state index contributed by atoms with van der Waals surface area (Å²) in [6.07, 6.45) is 0.588. The Morgan fingerprint density at radius 3 is 2.56 bits per heavy atom. The highest BCUT2D eigenvalue weighted by atomic mass is 32.2. The van der Waals surface area contributed by atoms with Crippen LogP contribution in [0.15, 0.2) is 30.3 Å². The molecule has 1 unspecified atom stereocenters. The van der Waals surface area contributed by atoms with Gasteiger partial charge in [-0.05, 0) is 18.9 Å². The fourth-order valence-electron chi connectivity index (χ4n) is 2.67. The summed E-state index contributed by atoms with van der Waals surface area (Å²) in [6, 6.07) is 9.08. The molecule has 0 bridgehead atoms. The molecule has 0 aromatic heterocycles. The summed E-state index contributed by atoms with van der Waals surface area (Å²) >= 11 is 1.61. The first-order chi connectivity index (χ1) is 11.7. The van der Waals surface area contributed by atoms with Crippen LogP contribution in [0.2, 0.25) is 0 Å². The number of carbonyl (C=O) groups is 2. The number of ether oxygens (including phenoxy) is 1. The van der Waals surface area contributed by atoms with E-state index in [-0.39, 0.29) is 23.2 Å². The van der Waals surface area contributed by atoms with Gasteiger partial charge < -0.3 is 15.8 Å². The molecule has 25 heavy (non-hydrogen) atoms. The molecule has 6 heteroatoms. The van der Waals surface area contributed by atoms with Crippen LogP contribution in [-0.2, 0) is 14.3 Å². The lowest BCUT2D eigenvalue weighted by Gasteiger charge is -2.24. The van der Waals surface area contributed by atoms with Gasteiger partial charge in [-0.15, -0.1) is 0 Å². The van der Waals surface area contributed by atoms with E-state index in [0.29, 0.717) is 12.2 Å². The first-order valence-electron chi connectivity index (χ1n) is 8.63. The lowest BCUT2D eigenvalue weighted by atomic mass is 10.1. The molecule has 2 rings (SSSR count). The topological polar surface area (TPSA) is 81.4 Å². The predicted molar refractivity (Wildman–Crippen MR) is 101 cm³/mol. The molecule has 1 fully saturated rings. The zero-order valence-electron chi connectivity index (χ0n) is 15.4. The van der Waals surface area contributed by atoms with Gasteiger partial charge in [-0.2, -0.15) is 11.8 Å². The van der Waals surface area contributed by atoms with E-state index in [1.807, 2.05) is 30.3 Å². The molecular weight excluding hydrogens is 336 g/mol. The third kappa shape index (κ3) is 5.22. The number of amides is 1. The van der Waals surface area contributed by atoms with Crippen LogP contribution in [0.1, 0.15) is 45.6 Å². The number of nitrogens with two attached hydrogens (primary N) is 1. The highest BCUT2D eigenvalue weighted by Crippen LogP contribution is 2.49. The Labute approximate surface area is 154 Å². The molecule has 1 saturated carbocycles. The fourth-order valence-corrected chi connectivity index (χ4v) is 3.55. The quantitative estimate of drug-likeness (QED) is 0.726. The molecule has 0 spiro atoms. The standard InChI is InChI=1S/C19H28N2O3S/c1-5-24-16(22)15(12-25-18(2,3)4)21-17(23)19(20)11-14(19)13-9-7-6-8-10-13/h6-10,14-15H,5,11-12,20H2,1-4H3,(H,21,23)/t14?,15-,19+/m0/s1. The minimum atomic E-state index is -0.946. The van der Waals surface area contributed by atoms with E-state index in [2.05, 4.69) is 26.1 Å². The third-order valence-electron chi connectivity index (χ3n) is 4.19. The SMILES string of the molecule is CCOC(=O)[C@H](CSC(C)(C)C)NC(=O)[C@@]1(N)CC1c1ccccc1. The molecule has 1 amide bonds. The predicted octanol–water partition coefficient (Wildman–Crippen LogP) is 2.45. The van der Waals surface area contributed by atoms with Gasteiger partial charge in [0, 0.05) is 16.4 Å². The van der Waals surface area contributed by atoms with Crippen molar-refractivity contribution >= 4 is 23.6 Å². The first-order valence-corrected chi connectivity index (χ1v) is 9.61. The molecule has 0 radical (unpaired) electrons. The van der Waals surface area contributed by atoms with Crippen LogP contribution in [0.3, 0.4) is 0 Å². The van der Waals surface area contributed by atoms with Crippen LogP contribution < -0.4 is 11.1 Å². The highest BCUT2D eigenvalue weighted by Gasteiger charge is 2.58. The van der Waals surface area contributed by atoms with Gasteiger partial charge in [0.05, 0.1) is 6.61 Å². The first kappa shape index (κ1) is 19.8. The van der Waals surface area contributed by atoms with Crippen molar-refractivity contribution in [3.05, 3.63) is 35.9 Å². The second-order valence-corrected chi connectivity index (χ2v) is 9.26. The monoisotopic (exact) mass is 364 g/mol. The Balaban J connectivity index is 2.02. The molecule has 0 heterocycles. The summed E-state index contributed by atoms with van der Waals surface area (Å²) < 4.78 is 5.09. The molecule has 3 N–H and O–H groups in total. The average molecular weight is 365 g/mol. The minimum absolute atomic E-state index is 0.00758. The van der Waals surface area contributed by atoms with Gasteiger partial charge in [0.25, 0.3) is 0 Å². The number of esters is 1. The summed E-state index contributed by atoms with van der Waals surface area (Å²) in [6.45, 7) is 8.24. The molecule has 1 aliphatic carbocycles. The van der Waals surface area contributed by atoms with Crippen LogP contribution in [-0.4, -0.2) is 40.6 Å². The fraction of sp³-hybridized carbons (Fsp3) is 0.579. The molecule has 138 valence electrons. The van der Waals surface area contributed by atoms with E-state index in [1.165, 1.54) is 0 Å². The van der Waals surface area contributed by atoms with Crippen molar-refractivity contribution in [2.45, 2.75) is 56.4 Å². The Kier molecular flexibility index (Phi) is 6.16. The van der Waals surface area contributed by atoms with Gasteiger partial charge in [-0.3, -0.25) is 4.79 Å². The van der Waals surface area contributed by atoms with Gasteiger partial charge in [-0.25, -0.2) is 4.79 Å². The molecule has 1 aromatic rings. The Hall–Kier alpha value is -1.53. The molecular formula is C19H28N2O3S. The number of hydrogen-bond acceptors (Lipinski definition) is 5. The summed E-state index contributed by atoms with van der Waals surface area (Å²) in [4.78, 5) is 24.9. The van der Waals surface area contributed by atoms with E-state index < -0.39 is 17.6 Å². The van der Waals surface area contributed by atoms with E-state index in [4.69, 9.17) is 10.5 Å². The van der Waals surface area contributed by atoms with E-state index in [0.717, 1.165) is 5.56 Å². The Bertz CT molecular complexity index is 615. The summed E-state index contributed by atoms with van der Waals surface area (Å²) in [7, 11) is 0. The zero-order valence-corrected chi connectivity index (χ0v) is 16.2. The normalized spacial score (nSPS) is 23.6. The minimum Gasteiger partial charge on any atom is -0.464 e. The average Bonchev–Trinajstić information content (AvgIpc) is 3.25. The van der Waals surface area contributed by atoms with E-state index in [1.54, 1.807) is 18.7 Å². The molecule has 5 nitrogen and oxygen atoms in total. The number of carbonyl (C=O) groups excluding carboxylic acids is 2. The zero-order chi connectivity index (χ0) is 18.7. The Morgan fingerprint density at radius 2 is 2.00 bits per heavy atom. The number of hydrogen-bond donors (Lipinski definition) is 2. The maximum atomic E-state index is 12.7. The second-order valence-electron chi connectivity index (χ2n) is 7.41. The number of nitrogens with one attached hydrogen (secondary N) is 1. The maximum Gasteiger partial charge on any atom is 0.329 e. The van der Waals surface area contributed by atoms with Crippen LogP contribution in [0.5, 0.6) is 0 Å². The third-order valence-corrected chi connectivity index (χ3v) is 5.55. The van der Waals surface area contributed by atoms with Gasteiger partial charge >= 0.3 is 5.97 Å². The van der Waals surface area contributed by atoms with Crippen molar-refractivity contribution in [3.8, 4) is 0 Å². The van der Waals surface area contributed by atoms with Crippen LogP contribution in [0.4, 0.5) is 0 Å². The molecule has 0 saturated heterocycles. The van der Waals surface area contributed by atoms with Crippen LogP contribution >= 0.6 is 11.8 Å². The van der Waals surface area contributed by atoms with Crippen molar-refractivity contribution in [1.29, 1.82) is 0 Å². The number of rotatable bonds is 7. The smallest absolute Gasteiger partial charge is 0.329 e. The maximum absolute atomic E-state index is 12.7. The molecule has 3 atom stereocenters. The summed E-state index contributed by atoms with van der Waals surface area (Å²) in [5.74, 6) is -0.242. The van der Waals surface area contributed by atoms with Gasteiger partial charge in [0.15, 0.2) is 0 Å². The van der Waals surface area contributed by atoms with Crippen LogP contribution in [0, 0.1) is 0 Å². The molecule has 0 aliphatic heterocycles. The molecule has 1 aromatic carbocycles. The Morgan fingerprint density at radius 1 is 1.36 bits per heavy atom. The van der Waals surface area contributed by atoms with Gasteiger partial charge in [0.1, 0.15) is 11.6 Å². The van der Waals surface area contributed by atoms with Gasteiger partial charge in [0.2, 0.25) is 5.91 Å². The van der Waals surface area contributed by atoms with Crippen LogP contribution in [0.25, 0.3) is 0 Å². The number of benzene rings is 1. The largest absolute Gasteiger partial charge is 0.464 e. The highest BCUT2D eigenvalue weighted by molar-refractivity contribution is 8.00. The summed E-state index contributed by atoms with van der Waals surface area (Å²) in [5, 5.41) is 2.82. The van der Waals surface area contributed by atoms with Crippen molar-refractivity contribution in [2.24, 2.45) is 5.73 Å². The van der Waals surface area contributed by atoms with Crippen molar-refractivity contribution in [1.82, 2.24) is 5.32 Å². The van der Waals surface area contributed by atoms with E-state index >= 15 is 0 Å². The number of thioether (sulfide) groups is 1. The lowest BCUT2D eigenvalue weighted by molar-refractivity contribution is -0.146. The summed E-state index contributed by atoms with van der Waals surface area (Å²) in [5.41, 5.74) is 6.41. The van der Waals surface area contributed by atoms with Gasteiger partial charge in [-0.1, -0.05) is 51.1 Å². The molecule has 1 aliphatic rings. The lowest BCUT2D eigenvalue weighted by Crippen LogP contribution is -2.52. The van der Waals surface area contributed by atoms with Crippen molar-refractivity contribution < 1.29 is 14.3 Å². The van der Waals surface area contributed by atoms with Crippen molar-refractivity contribution in [2.75, 3.05) is 12.4 Å². The second kappa shape index (κ2) is 7.79. The van der Waals surface area contributed by atoms with E-state index in [9.17, 15) is 9.59 Å². The van der Waals surface area contributed by atoms with Crippen molar-refractivity contribution in [3.63, 3.8) is 0 Å².